The second-order valence-corrected chi connectivity index (χ2v) is 6.98. The topological polar surface area (TPSA) is 68.0 Å². The molecular formula is C20H14FN3O2S. The number of rotatable bonds is 4. The molecule has 0 saturated heterocycles. The van der Waals surface area contributed by atoms with Gasteiger partial charge in [-0.15, -0.1) is 11.3 Å². The minimum absolute atomic E-state index is 0.301. The molecule has 5 nitrogen and oxygen atoms in total. The number of hydrogen-bond donors (Lipinski definition) is 1. The van der Waals surface area contributed by atoms with Gasteiger partial charge in [-0.05, 0) is 43.3 Å². The van der Waals surface area contributed by atoms with Gasteiger partial charge in [-0.3, -0.25) is 10.1 Å². The van der Waals surface area contributed by atoms with Gasteiger partial charge in [0.1, 0.15) is 11.3 Å². The maximum Gasteiger partial charge on any atom is 0.250 e. The summed E-state index contributed by atoms with van der Waals surface area (Å²) in [6.45, 7) is 1.90. The van der Waals surface area contributed by atoms with Crippen LogP contribution in [-0.4, -0.2) is 15.9 Å². The molecule has 0 unspecified atom stereocenters. The van der Waals surface area contributed by atoms with Gasteiger partial charge in [0.05, 0.1) is 5.69 Å². The van der Waals surface area contributed by atoms with Crippen molar-refractivity contribution in [2.75, 3.05) is 5.32 Å². The van der Waals surface area contributed by atoms with Gasteiger partial charge in [0.2, 0.25) is 11.8 Å². The van der Waals surface area contributed by atoms with Crippen LogP contribution in [0.5, 0.6) is 0 Å². The molecule has 134 valence electrons. The van der Waals surface area contributed by atoms with Crippen LogP contribution in [-0.2, 0) is 4.79 Å². The second-order valence-electron chi connectivity index (χ2n) is 5.77. The number of fused-ring (bicyclic) bond motifs is 1. The summed E-state index contributed by atoms with van der Waals surface area (Å²) in [6.07, 6.45) is 2.86. The zero-order valence-electron chi connectivity index (χ0n) is 14.3. The lowest BCUT2D eigenvalue weighted by Crippen LogP contribution is -2.07. The van der Waals surface area contributed by atoms with Gasteiger partial charge in [-0.1, -0.05) is 12.1 Å². The van der Waals surface area contributed by atoms with E-state index in [1.807, 2.05) is 31.2 Å². The third-order valence-corrected chi connectivity index (χ3v) is 4.72. The Morgan fingerprint density at radius 1 is 1.15 bits per heavy atom. The summed E-state index contributed by atoms with van der Waals surface area (Å²) < 4.78 is 18.6. The van der Waals surface area contributed by atoms with Crippen molar-refractivity contribution >= 4 is 39.6 Å². The first-order chi connectivity index (χ1) is 13.1. The number of benzene rings is 2. The molecule has 7 heteroatoms. The molecule has 0 radical (unpaired) electrons. The summed E-state index contributed by atoms with van der Waals surface area (Å²) in [5, 5.41) is 3.20. The van der Waals surface area contributed by atoms with Gasteiger partial charge in [0.25, 0.3) is 0 Å². The fourth-order valence-corrected chi connectivity index (χ4v) is 3.42. The van der Waals surface area contributed by atoms with Gasteiger partial charge >= 0.3 is 0 Å². The monoisotopic (exact) mass is 379 g/mol. The number of halogens is 1. The van der Waals surface area contributed by atoms with E-state index < -0.39 is 0 Å². The highest BCUT2D eigenvalue weighted by molar-refractivity contribution is 7.16. The Kier molecular flexibility index (Phi) is 4.52. The number of aryl methyl sites for hydroxylation is 1. The van der Waals surface area contributed by atoms with Gasteiger partial charge in [0, 0.05) is 22.6 Å². The van der Waals surface area contributed by atoms with E-state index in [4.69, 9.17) is 4.42 Å². The average Bonchev–Trinajstić information content (AvgIpc) is 3.23. The van der Waals surface area contributed by atoms with Crippen LogP contribution in [0.15, 0.2) is 59.0 Å². The number of nitrogens with one attached hydrogen (secondary N) is 1. The van der Waals surface area contributed by atoms with Crippen LogP contribution in [0, 0.1) is 12.7 Å². The Balaban J connectivity index is 1.48. The van der Waals surface area contributed by atoms with Gasteiger partial charge in [0.15, 0.2) is 10.7 Å². The van der Waals surface area contributed by atoms with Crippen molar-refractivity contribution in [3.8, 4) is 11.3 Å². The third kappa shape index (κ3) is 3.78. The smallest absolute Gasteiger partial charge is 0.250 e. The molecule has 0 aliphatic rings. The molecular weight excluding hydrogens is 365 g/mol. The number of hydrogen-bond acceptors (Lipinski definition) is 5. The zero-order valence-corrected chi connectivity index (χ0v) is 15.1. The van der Waals surface area contributed by atoms with Crippen molar-refractivity contribution in [2.45, 2.75) is 6.92 Å². The quantitative estimate of drug-likeness (QED) is 0.504. The number of nitrogens with zero attached hydrogens (tertiary/aromatic N) is 2. The van der Waals surface area contributed by atoms with Gasteiger partial charge in [-0.25, -0.2) is 14.4 Å². The minimum Gasteiger partial charge on any atom is -0.437 e. The lowest BCUT2D eigenvalue weighted by Gasteiger charge is -1.98. The Hall–Kier alpha value is -3.32. The normalized spacial score (nSPS) is 11.3. The van der Waals surface area contributed by atoms with Crippen LogP contribution in [0.4, 0.5) is 9.52 Å². The predicted octanol–water partition coefficient (Wildman–Crippen LogP) is 5.05. The maximum absolute atomic E-state index is 13.1. The first kappa shape index (κ1) is 17.1. The Labute approximate surface area is 158 Å². The molecule has 0 aliphatic heterocycles. The maximum atomic E-state index is 13.1. The van der Waals surface area contributed by atoms with E-state index in [1.165, 1.54) is 35.6 Å². The molecule has 0 aliphatic carbocycles. The Bertz CT molecular complexity index is 1110. The summed E-state index contributed by atoms with van der Waals surface area (Å²) in [4.78, 5) is 21.8. The average molecular weight is 379 g/mol. The largest absolute Gasteiger partial charge is 0.437 e. The van der Waals surface area contributed by atoms with Crippen LogP contribution in [0.1, 0.15) is 10.8 Å². The standard InChI is InChI=1S/C20H14FN3O2S/c1-12-19(13-6-8-14(21)9-7-13)24-20(27-12)23-17(25)10-11-18-22-15-4-2-3-5-16(15)26-18/h2-11H,1H3,(H,23,24,25)/b11-10+. The number of oxazole rings is 1. The second kappa shape index (κ2) is 7.13. The SMILES string of the molecule is Cc1sc(NC(=O)/C=C/c2nc3ccccc3o2)nc1-c1ccc(F)cc1. The molecule has 0 fully saturated rings. The molecule has 27 heavy (non-hydrogen) atoms. The Morgan fingerprint density at radius 2 is 1.93 bits per heavy atom. The molecule has 0 atom stereocenters. The predicted molar refractivity (Wildman–Crippen MR) is 104 cm³/mol. The number of anilines is 1. The summed E-state index contributed by atoms with van der Waals surface area (Å²) in [7, 11) is 0. The molecule has 2 aromatic carbocycles. The summed E-state index contributed by atoms with van der Waals surface area (Å²) in [5.41, 5.74) is 2.92. The lowest BCUT2D eigenvalue weighted by atomic mass is 10.1. The first-order valence-corrected chi connectivity index (χ1v) is 8.98. The third-order valence-electron chi connectivity index (χ3n) is 3.83. The number of para-hydroxylation sites is 2. The van der Waals surface area contributed by atoms with Crippen molar-refractivity contribution in [3.63, 3.8) is 0 Å². The molecule has 0 bridgehead atoms. The molecule has 0 saturated carbocycles. The van der Waals surface area contributed by atoms with E-state index >= 15 is 0 Å². The first-order valence-electron chi connectivity index (χ1n) is 8.16. The fourth-order valence-electron chi connectivity index (χ4n) is 2.58. The molecule has 1 amide bonds. The van der Waals surface area contributed by atoms with E-state index in [-0.39, 0.29) is 11.7 Å². The number of carbonyl (C=O) groups excluding carboxylic acids is 1. The van der Waals surface area contributed by atoms with Crippen LogP contribution >= 0.6 is 11.3 Å². The van der Waals surface area contributed by atoms with Crippen molar-refractivity contribution in [3.05, 3.63) is 71.2 Å². The van der Waals surface area contributed by atoms with Crippen molar-refractivity contribution in [1.82, 2.24) is 9.97 Å². The van der Waals surface area contributed by atoms with Gasteiger partial charge < -0.3 is 4.42 Å². The molecule has 2 heterocycles. The van der Waals surface area contributed by atoms with Crippen molar-refractivity contribution in [1.29, 1.82) is 0 Å². The molecule has 2 aromatic heterocycles. The zero-order chi connectivity index (χ0) is 18.8. The van der Waals surface area contributed by atoms with E-state index in [0.29, 0.717) is 16.6 Å². The lowest BCUT2D eigenvalue weighted by molar-refractivity contribution is -0.111. The van der Waals surface area contributed by atoms with Crippen LogP contribution in [0.3, 0.4) is 0 Å². The van der Waals surface area contributed by atoms with Gasteiger partial charge in [-0.2, -0.15) is 0 Å². The van der Waals surface area contributed by atoms with Crippen LogP contribution in [0.2, 0.25) is 0 Å². The molecule has 0 spiro atoms. The highest BCUT2D eigenvalue weighted by Gasteiger charge is 2.11. The summed E-state index contributed by atoms with van der Waals surface area (Å²) >= 11 is 1.36. The molecule has 4 aromatic rings. The molecule has 4 rings (SSSR count). The minimum atomic E-state index is -0.336. The van der Waals surface area contributed by atoms with Crippen molar-refractivity contribution < 1.29 is 13.6 Å². The number of amides is 1. The highest BCUT2D eigenvalue weighted by atomic mass is 32.1. The Morgan fingerprint density at radius 3 is 2.70 bits per heavy atom. The fraction of sp³-hybridized carbons (Fsp3) is 0.0500. The van der Waals surface area contributed by atoms with Crippen molar-refractivity contribution in [2.24, 2.45) is 0 Å². The van der Waals surface area contributed by atoms with Crippen LogP contribution in [0.25, 0.3) is 28.4 Å². The van der Waals surface area contributed by atoms with E-state index in [9.17, 15) is 9.18 Å². The summed E-state index contributed by atoms with van der Waals surface area (Å²) in [6, 6.07) is 13.5. The number of carbonyl (C=O) groups is 1. The number of aromatic nitrogens is 2. The highest BCUT2D eigenvalue weighted by Crippen LogP contribution is 2.30. The van der Waals surface area contributed by atoms with E-state index in [0.717, 1.165) is 21.7 Å². The van der Waals surface area contributed by atoms with Crippen LogP contribution < -0.4 is 5.32 Å². The summed E-state index contributed by atoms with van der Waals surface area (Å²) in [5.74, 6) is -0.283. The number of thiazole rings is 1. The van der Waals surface area contributed by atoms with E-state index in [2.05, 4.69) is 15.3 Å². The van der Waals surface area contributed by atoms with E-state index in [1.54, 1.807) is 12.1 Å². The molecule has 1 N–H and O–H groups in total.